The van der Waals surface area contributed by atoms with Gasteiger partial charge < -0.3 is 4.57 Å². The van der Waals surface area contributed by atoms with Gasteiger partial charge in [0.15, 0.2) is 0 Å². The molecule has 0 amide bonds. The van der Waals surface area contributed by atoms with E-state index < -0.39 is 15.2 Å². The lowest BCUT2D eigenvalue weighted by molar-refractivity contribution is 0.546. The molecule has 0 fully saturated rings. The van der Waals surface area contributed by atoms with E-state index in [-0.39, 0.29) is 5.28 Å². The minimum Gasteiger partial charge on any atom is -0.314 e. The third-order valence-corrected chi connectivity index (χ3v) is 13.9. The van der Waals surface area contributed by atoms with Crippen LogP contribution < -0.4 is 10.6 Å². The summed E-state index contributed by atoms with van der Waals surface area (Å²) in [7, 11) is -4.30. The van der Waals surface area contributed by atoms with Crippen LogP contribution in [0.1, 0.15) is 20.3 Å². The Morgan fingerprint density at radius 2 is 1.26 bits per heavy atom. The van der Waals surface area contributed by atoms with Gasteiger partial charge in [-0.1, -0.05) is 101 Å². The molecule has 0 saturated heterocycles. The monoisotopic (exact) mass is 344 g/mol. The summed E-state index contributed by atoms with van der Waals surface area (Å²) in [5, 5.41) is 2.28. The molecule has 0 saturated carbocycles. The maximum absolute atomic E-state index is 14.6. The second-order valence-electron chi connectivity index (χ2n) is 7.53. The number of benzene rings is 2. The summed E-state index contributed by atoms with van der Waals surface area (Å²) in [5.74, 6) is 0.452. The van der Waals surface area contributed by atoms with Crippen LogP contribution in [0.5, 0.6) is 0 Å². The summed E-state index contributed by atoms with van der Waals surface area (Å²) in [5.41, 5.74) is 0. The highest BCUT2D eigenvalue weighted by atomic mass is 31.2. The molecule has 23 heavy (non-hydrogen) atoms. The van der Waals surface area contributed by atoms with Crippen molar-refractivity contribution >= 4 is 25.8 Å². The van der Waals surface area contributed by atoms with Gasteiger partial charge in [-0.05, 0) is 5.92 Å². The van der Waals surface area contributed by atoms with Crippen LogP contribution in [-0.2, 0) is 4.57 Å². The van der Waals surface area contributed by atoms with Crippen molar-refractivity contribution in [2.45, 2.75) is 45.2 Å². The fourth-order valence-electron chi connectivity index (χ4n) is 3.75. The fourth-order valence-corrected chi connectivity index (χ4v) is 14.0. The molecule has 0 spiro atoms. The second kappa shape index (κ2) is 7.19. The average Bonchev–Trinajstić information content (AvgIpc) is 2.55. The number of rotatable bonds is 6. The smallest absolute Gasteiger partial charge is 0.143 e. The molecular formula is C20H29OPSi. The Bertz CT molecular complexity index is 618. The van der Waals surface area contributed by atoms with Crippen molar-refractivity contribution in [3.05, 3.63) is 60.7 Å². The molecule has 2 rings (SSSR count). The third-order valence-electron chi connectivity index (χ3n) is 4.74. The van der Waals surface area contributed by atoms with Gasteiger partial charge in [0.25, 0.3) is 0 Å². The molecule has 0 N–H and O–H groups in total. The minimum absolute atomic E-state index is 0.254. The van der Waals surface area contributed by atoms with E-state index in [0.717, 1.165) is 17.0 Å². The highest BCUT2D eigenvalue weighted by molar-refractivity contribution is 7.81. The molecule has 0 heterocycles. The Labute approximate surface area is 142 Å². The van der Waals surface area contributed by atoms with Gasteiger partial charge in [0, 0.05) is 15.9 Å². The first kappa shape index (κ1) is 18.2. The molecule has 3 heteroatoms. The summed E-state index contributed by atoms with van der Waals surface area (Å²) < 4.78 is 14.6. The van der Waals surface area contributed by atoms with Crippen molar-refractivity contribution in [2.24, 2.45) is 5.92 Å². The Hall–Kier alpha value is -1.11. The van der Waals surface area contributed by atoms with Crippen LogP contribution in [0.15, 0.2) is 60.7 Å². The van der Waals surface area contributed by atoms with E-state index in [1.807, 2.05) is 36.4 Å². The molecule has 2 aromatic rings. The van der Waals surface area contributed by atoms with E-state index in [1.54, 1.807) is 0 Å². The van der Waals surface area contributed by atoms with Gasteiger partial charge in [0.1, 0.15) is 7.14 Å². The van der Waals surface area contributed by atoms with E-state index in [9.17, 15) is 4.57 Å². The van der Waals surface area contributed by atoms with Crippen molar-refractivity contribution in [3.63, 3.8) is 0 Å². The fraction of sp³-hybridized carbons (Fsp3) is 0.400. The van der Waals surface area contributed by atoms with Crippen molar-refractivity contribution in [1.82, 2.24) is 0 Å². The van der Waals surface area contributed by atoms with Gasteiger partial charge >= 0.3 is 0 Å². The second-order valence-corrected chi connectivity index (χ2v) is 16.3. The van der Waals surface area contributed by atoms with Crippen molar-refractivity contribution in [1.29, 1.82) is 0 Å². The SMILES string of the molecule is CC[C@@H](C)[C@@H]([Si](C)(C)C)P(=O)(c1ccccc1)c1ccccc1. The Kier molecular flexibility index (Phi) is 5.70. The molecule has 0 aromatic heterocycles. The van der Waals surface area contributed by atoms with Crippen LogP contribution >= 0.6 is 7.14 Å². The first-order chi connectivity index (χ1) is 10.8. The van der Waals surface area contributed by atoms with Gasteiger partial charge in [-0.3, -0.25) is 0 Å². The standard InChI is InChI=1S/C20H29OPSi/c1-6-17(2)20(23(3,4)5)22(21,18-13-9-7-10-14-18)19-15-11-8-12-16-19/h7-17,20H,6H2,1-5H3/t17-,20-/m1/s1. The van der Waals surface area contributed by atoms with Crippen LogP contribution in [0.4, 0.5) is 0 Å². The maximum Gasteiger partial charge on any atom is 0.143 e. The van der Waals surface area contributed by atoms with Gasteiger partial charge in [-0.25, -0.2) is 0 Å². The first-order valence-corrected chi connectivity index (χ1v) is 13.9. The van der Waals surface area contributed by atoms with E-state index in [4.69, 9.17) is 0 Å². The van der Waals surface area contributed by atoms with Gasteiger partial charge in [0.05, 0.1) is 8.07 Å². The zero-order chi connectivity index (χ0) is 17.1. The van der Waals surface area contributed by atoms with Crippen molar-refractivity contribution in [3.8, 4) is 0 Å². The summed E-state index contributed by atoms with van der Waals surface area (Å²) in [6.45, 7) is 11.6. The lowest BCUT2D eigenvalue weighted by Crippen LogP contribution is -2.46. The summed E-state index contributed by atoms with van der Waals surface area (Å²) in [6, 6.07) is 20.3. The molecule has 1 nitrogen and oxygen atoms in total. The normalized spacial score (nSPS) is 15.2. The van der Waals surface area contributed by atoms with Crippen LogP contribution in [-0.4, -0.2) is 13.4 Å². The van der Waals surface area contributed by atoms with Gasteiger partial charge in [0.2, 0.25) is 0 Å². The lowest BCUT2D eigenvalue weighted by Gasteiger charge is -2.40. The van der Waals surface area contributed by atoms with Crippen LogP contribution in [0.2, 0.25) is 19.6 Å². The topological polar surface area (TPSA) is 17.1 Å². The highest BCUT2D eigenvalue weighted by Gasteiger charge is 2.46. The van der Waals surface area contributed by atoms with Gasteiger partial charge in [-0.15, -0.1) is 0 Å². The molecule has 2 aromatic carbocycles. The van der Waals surface area contributed by atoms with Gasteiger partial charge in [-0.2, -0.15) is 0 Å². The molecule has 2 atom stereocenters. The predicted molar refractivity (Wildman–Crippen MR) is 106 cm³/mol. The van der Waals surface area contributed by atoms with Crippen molar-refractivity contribution in [2.75, 3.05) is 0 Å². The van der Waals surface area contributed by atoms with Crippen LogP contribution in [0.3, 0.4) is 0 Å². The summed E-state index contributed by atoms with van der Waals surface area (Å²) in [4.78, 5) is 0. The molecule has 0 radical (unpaired) electrons. The predicted octanol–water partition coefficient (Wildman–Crippen LogP) is 5.29. The molecule has 0 aliphatic rings. The minimum atomic E-state index is -2.67. The third kappa shape index (κ3) is 3.70. The molecule has 0 bridgehead atoms. The zero-order valence-corrected chi connectivity index (χ0v) is 16.9. The first-order valence-electron chi connectivity index (χ1n) is 8.52. The quantitative estimate of drug-likeness (QED) is 0.514. The maximum atomic E-state index is 14.6. The zero-order valence-electron chi connectivity index (χ0n) is 15.0. The van der Waals surface area contributed by atoms with E-state index in [2.05, 4.69) is 57.8 Å². The lowest BCUT2D eigenvalue weighted by atomic mass is 10.1. The number of hydrogen-bond donors (Lipinski definition) is 0. The average molecular weight is 345 g/mol. The van der Waals surface area contributed by atoms with Crippen LogP contribution in [0.25, 0.3) is 0 Å². The van der Waals surface area contributed by atoms with Crippen LogP contribution in [0, 0.1) is 5.92 Å². The number of hydrogen-bond acceptors (Lipinski definition) is 1. The van der Waals surface area contributed by atoms with E-state index in [0.29, 0.717) is 5.92 Å². The van der Waals surface area contributed by atoms with E-state index in [1.165, 1.54) is 0 Å². The Morgan fingerprint density at radius 3 is 1.57 bits per heavy atom. The summed E-state index contributed by atoms with van der Waals surface area (Å²) >= 11 is 0. The Balaban J connectivity index is 2.74. The Morgan fingerprint density at radius 1 is 0.870 bits per heavy atom. The van der Waals surface area contributed by atoms with E-state index >= 15 is 0 Å². The molecule has 124 valence electrons. The molecule has 0 aliphatic heterocycles. The molecular weight excluding hydrogens is 315 g/mol. The summed E-state index contributed by atoms with van der Waals surface area (Å²) in [6.07, 6.45) is 1.07. The largest absolute Gasteiger partial charge is 0.314 e. The highest BCUT2D eigenvalue weighted by Crippen LogP contribution is 2.55. The molecule has 0 unspecified atom stereocenters. The molecule has 0 aliphatic carbocycles. The van der Waals surface area contributed by atoms with Crippen molar-refractivity contribution < 1.29 is 4.57 Å².